The van der Waals surface area contributed by atoms with Gasteiger partial charge in [-0.1, -0.05) is 19.3 Å². The predicted octanol–water partition coefficient (Wildman–Crippen LogP) is 6.16. The van der Waals surface area contributed by atoms with Gasteiger partial charge in [0.25, 0.3) is 0 Å². The van der Waals surface area contributed by atoms with Crippen molar-refractivity contribution in [2.24, 2.45) is 0 Å². The van der Waals surface area contributed by atoms with E-state index >= 15 is 0 Å². The van der Waals surface area contributed by atoms with E-state index in [4.69, 9.17) is 14.2 Å². The zero-order chi connectivity index (χ0) is 23.0. The highest BCUT2D eigenvalue weighted by molar-refractivity contribution is 6.00. The van der Waals surface area contributed by atoms with Crippen molar-refractivity contribution >= 4 is 17.9 Å². The first-order chi connectivity index (χ1) is 16.1. The quantitative estimate of drug-likeness (QED) is 0.377. The maximum absolute atomic E-state index is 12.9. The van der Waals surface area contributed by atoms with E-state index in [9.17, 15) is 14.4 Å². The molecular formula is C27H36O6. The fraction of sp³-hybridized carbons (Fsp3) is 0.667. The van der Waals surface area contributed by atoms with Crippen molar-refractivity contribution < 1.29 is 28.6 Å². The lowest BCUT2D eigenvalue weighted by Gasteiger charge is -2.23. The number of carbonyl (C=O) groups is 3. The Bertz CT molecular complexity index is 707. The molecule has 6 nitrogen and oxygen atoms in total. The molecule has 0 aliphatic heterocycles. The minimum atomic E-state index is -0.499. The Morgan fingerprint density at radius 3 is 0.939 bits per heavy atom. The molecule has 0 amide bonds. The number of rotatable bonds is 6. The first-order valence-electron chi connectivity index (χ1n) is 12.9. The van der Waals surface area contributed by atoms with Crippen molar-refractivity contribution in [3.05, 3.63) is 34.9 Å². The standard InChI is InChI=1S/C27H36O6/c28-25(31-22-10-4-1-5-11-22)19-16-20(26(29)32-23-12-6-2-7-13-23)18-21(17-19)27(30)33-24-14-8-3-9-15-24/h16-18,22-24H,1-15H2. The number of hydrogen-bond acceptors (Lipinski definition) is 6. The highest BCUT2D eigenvalue weighted by Gasteiger charge is 2.25. The third kappa shape index (κ3) is 6.81. The second-order valence-electron chi connectivity index (χ2n) is 9.80. The highest BCUT2D eigenvalue weighted by atomic mass is 16.6. The van der Waals surface area contributed by atoms with Crippen LogP contribution in [-0.4, -0.2) is 36.2 Å². The van der Waals surface area contributed by atoms with E-state index in [0.717, 1.165) is 96.3 Å². The Morgan fingerprint density at radius 2 is 0.697 bits per heavy atom. The van der Waals surface area contributed by atoms with E-state index in [1.54, 1.807) is 0 Å². The van der Waals surface area contributed by atoms with Crippen molar-refractivity contribution in [1.82, 2.24) is 0 Å². The molecule has 1 aromatic rings. The van der Waals surface area contributed by atoms with Crippen molar-refractivity contribution in [2.45, 2.75) is 115 Å². The smallest absolute Gasteiger partial charge is 0.338 e. The lowest BCUT2D eigenvalue weighted by atomic mass is 9.97. The second-order valence-corrected chi connectivity index (χ2v) is 9.80. The topological polar surface area (TPSA) is 78.9 Å². The zero-order valence-electron chi connectivity index (χ0n) is 19.5. The molecule has 0 radical (unpaired) electrons. The van der Waals surface area contributed by atoms with Gasteiger partial charge in [-0.3, -0.25) is 0 Å². The SMILES string of the molecule is O=C(OC1CCCCC1)c1cc(C(=O)OC2CCCCC2)cc(C(=O)OC2CCCCC2)c1. The molecule has 0 heterocycles. The van der Waals surface area contributed by atoms with Gasteiger partial charge in [0.1, 0.15) is 18.3 Å². The molecule has 0 atom stereocenters. The van der Waals surface area contributed by atoms with Gasteiger partial charge in [-0.15, -0.1) is 0 Å². The monoisotopic (exact) mass is 456 g/mol. The fourth-order valence-corrected chi connectivity index (χ4v) is 5.19. The first-order valence-corrected chi connectivity index (χ1v) is 12.9. The Hall–Kier alpha value is -2.37. The van der Waals surface area contributed by atoms with Crippen LogP contribution in [0.15, 0.2) is 18.2 Å². The summed E-state index contributed by atoms with van der Waals surface area (Å²) in [6, 6.07) is 4.48. The van der Waals surface area contributed by atoms with Gasteiger partial charge in [-0.05, 0) is 95.2 Å². The van der Waals surface area contributed by atoms with Gasteiger partial charge in [0.05, 0.1) is 16.7 Å². The van der Waals surface area contributed by atoms with Crippen LogP contribution in [0.3, 0.4) is 0 Å². The Morgan fingerprint density at radius 1 is 0.455 bits per heavy atom. The zero-order valence-corrected chi connectivity index (χ0v) is 19.5. The van der Waals surface area contributed by atoms with Gasteiger partial charge in [-0.25, -0.2) is 14.4 Å². The minimum absolute atomic E-state index is 0.110. The van der Waals surface area contributed by atoms with E-state index in [2.05, 4.69) is 0 Å². The van der Waals surface area contributed by atoms with Crippen LogP contribution in [0.2, 0.25) is 0 Å². The molecule has 0 aromatic heterocycles. The summed E-state index contributed by atoms with van der Waals surface area (Å²) >= 11 is 0. The molecule has 0 saturated heterocycles. The molecule has 6 heteroatoms. The molecule has 3 fully saturated rings. The Kier molecular flexibility index (Phi) is 8.40. The van der Waals surface area contributed by atoms with E-state index in [1.807, 2.05) is 0 Å². The van der Waals surface area contributed by atoms with E-state index in [-0.39, 0.29) is 35.0 Å². The molecule has 0 spiro atoms. The lowest BCUT2D eigenvalue weighted by molar-refractivity contribution is 0.0208. The molecule has 3 aliphatic carbocycles. The first kappa shape index (κ1) is 23.8. The summed E-state index contributed by atoms with van der Waals surface area (Å²) in [6.45, 7) is 0. The second kappa shape index (κ2) is 11.7. The van der Waals surface area contributed by atoms with Gasteiger partial charge >= 0.3 is 17.9 Å². The summed E-state index contributed by atoms with van der Waals surface area (Å²) < 4.78 is 17.1. The molecule has 33 heavy (non-hydrogen) atoms. The number of carbonyl (C=O) groups excluding carboxylic acids is 3. The summed E-state index contributed by atoms with van der Waals surface area (Å²) in [7, 11) is 0. The largest absolute Gasteiger partial charge is 0.459 e. The van der Waals surface area contributed by atoms with Crippen LogP contribution >= 0.6 is 0 Å². The van der Waals surface area contributed by atoms with E-state index < -0.39 is 17.9 Å². The summed E-state index contributed by atoms with van der Waals surface area (Å²) in [4.78, 5) is 38.7. The molecule has 0 unspecified atom stereocenters. The van der Waals surface area contributed by atoms with Crippen LogP contribution in [0.4, 0.5) is 0 Å². The summed E-state index contributed by atoms with van der Waals surface area (Å²) in [5.41, 5.74) is 0.609. The highest BCUT2D eigenvalue weighted by Crippen LogP contribution is 2.26. The van der Waals surface area contributed by atoms with Crippen LogP contribution in [-0.2, 0) is 14.2 Å². The molecular weight excluding hydrogens is 420 g/mol. The Labute approximate surface area is 196 Å². The Balaban J connectivity index is 1.52. The summed E-state index contributed by atoms with van der Waals surface area (Å²) in [5.74, 6) is -1.50. The van der Waals surface area contributed by atoms with E-state index in [1.165, 1.54) is 18.2 Å². The van der Waals surface area contributed by atoms with Gasteiger partial charge in [0, 0.05) is 0 Å². The number of ether oxygens (including phenoxy) is 3. The van der Waals surface area contributed by atoms with Crippen molar-refractivity contribution in [3.63, 3.8) is 0 Å². The maximum Gasteiger partial charge on any atom is 0.338 e. The maximum atomic E-state index is 12.9. The average Bonchev–Trinajstić information content (AvgIpc) is 2.85. The van der Waals surface area contributed by atoms with Gasteiger partial charge < -0.3 is 14.2 Å². The van der Waals surface area contributed by atoms with Crippen LogP contribution in [0.5, 0.6) is 0 Å². The van der Waals surface area contributed by atoms with Gasteiger partial charge in [0.2, 0.25) is 0 Å². The number of hydrogen-bond donors (Lipinski definition) is 0. The van der Waals surface area contributed by atoms with Crippen LogP contribution in [0.1, 0.15) is 127 Å². The normalized spacial score (nSPS) is 20.7. The third-order valence-corrected chi connectivity index (χ3v) is 7.12. The third-order valence-electron chi connectivity index (χ3n) is 7.12. The molecule has 0 bridgehead atoms. The minimum Gasteiger partial charge on any atom is -0.459 e. The average molecular weight is 457 g/mol. The van der Waals surface area contributed by atoms with Crippen molar-refractivity contribution in [3.8, 4) is 0 Å². The van der Waals surface area contributed by atoms with Crippen LogP contribution < -0.4 is 0 Å². The summed E-state index contributed by atoms with van der Waals surface area (Å²) in [5, 5.41) is 0. The molecule has 0 N–H and O–H groups in total. The molecule has 3 aliphatic rings. The lowest BCUT2D eigenvalue weighted by Crippen LogP contribution is -2.24. The van der Waals surface area contributed by atoms with Gasteiger partial charge in [-0.2, -0.15) is 0 Å². The fourth-order valence-electron chi connectivity index (χ4n) is 5.19. The van der Waals surface area contributed by atoms with Crippen molar-refractivity contribution in [1.29, 1.82) is 0 Å². The number of benzene rings is 1. The predicted molar refractivity (Wildman–Crippen MR) is 123 cm³/mol. The molecule has 4 rings (SSSR count). The van der Waals surface area contributed by atoms with E-state index in [0.29, 0.717) is 0 Å². The molecule has 180 valence electrons. The molecule has 3 saturated carbocycles. The number of esters is 3. The van der Waals surface area contributed by atoms with Crippen LogP contribution in [0.25, 0.3) is 0 Å². The van der Waals surface area contributed by atoms with Gasteiger partial charge in [0.15, 0.2) is 0 Å². The molecule has 1 aromatic carbocycles. The summed E-state index contributed by atoms with van der Waals surface area (Å²) in [6.07, 6.45) is 14.5. The van der Waals surface area contributed by atoms with Crippen LogP contribution in [0, 0.1) is 0 Å². The van der Waals surface area contributed by atoms with Crippen molar-refractivity contribution in [2.75, 3.05) is 0 Å².